The Balaban J connectivity index is 2.12. The van der Waals surface area contributed by atoms with Crippen LogP contribution in [0, 0.1) is 5.41 Å². The van der Waals surface area contributed by atoms with Crippen molar-refractivity contribution in [1.29, 1.82) is 0 Å². The topological polar surface area (TPSA) is 46.2 Å². The highest BCUT2D eigenvalue weighted by Crippen LogP contribution is 2.65. The van der Waals surface area contributed by atoms with Crippen LogP contribution in [0.3, 0.4) is 0 Å². The maximum absolute atomic E-state index is 13.8. The summed E-state index contributed by atoms with van der Waals surface area (Å²) in [6.07, 6.45) is 1.98. The minimum absolute atomic E-state index is 0.0521. The van der Waals surface area contributed by atoms with Crippen molar-refractivity contribution in [2.45, 2.75) is 57.3 Å². The van der Waals surface area contributed by atoms with Crippen molar-refractivity contribution >= 4 is 40.6 Å². The monoisotopic (exact) mass is 429 g/mol. The lowest BCUT2D eigenvalue weighted by Crippen LogP contribution is -2.63. The van der Waals surface area contributed by atoms with Crippen molar-refractivity contribution in [1.82, 2.24) is 0 Å². The Morgan fingerprint density at radius 2 is 1.79 bits per heavy atom. The Morgan fingerprint density at radius 3 is 2.48 bits per heavy atom. The van der Waals surface area contributed by atoms with Gasteiger partial charge in [-0.25, -0.2) is 0 Å². The highest BCUT2D eigenvalue weighted by molar-refractivity contribution is 6.31. The Bertz CT molecular complexity index is 1020. The van der Waals surface area contributed by atoms with Crippen LogP contribution in [-0.2, 0) is 20.4 Å². The first-order valence-corrected chi connectivity index (χ1v) is 10.8. The van der Waals surface area contributed by atoms with Crippen molar-refractivity contribution in [3.05, 3.63) is 63.6 Å². The molecule has 0 radical (unpaired) electrons. The second kappa shape index (κ2) is 6.85. The zero-order valence-corrected chi connectivity index (χ0v) is 18.5. The van der Waals surface area contributed by atoms with Gasteiger partial charge in [-0.2, -0.15) is 0 Å². The van der Waals surface area contributed by atoms with Crippen LogP contribution in [-0.4, -0.2) is 11.7 Å². The van der Waals surface area contributed by atoms with Crippen LogP contribution in [0.1, 0.15) is 57.6 Å². The summed E-state index contributed by atoms with van der Waals surface area (Å²) in [5.74, 6) is 0.135. The summed E-state index contributed by atoms with van der Waals surface area (Å²) in [5, 5.41) is 4.27. The maximum atomic E-state index is 13.8. The lowest BCUT2D eigenvalue weighted by Gasteiger charge is -2.58. The first-order chi connectivity index (χ1) is 13.7. The fraction of sp³-hybridized carbons (Fsp3) is 0.417. The van der Waals surface area contributed by atoms with Gasteiger partial charge in [0.25, 0.3) is 0 Å². The fourth-order valence-electron chi connectivity index (χ4n) is 5.70. The number of benzene rings is 2. The van der Waals surface area contributed by atoms with Crippen molar-refractivity contribution in [3.8, 4) is 0 Å². The number of ketones is 1. The largest absolute Gasteiger partial charge is 0.325 e. The van der Waals surface area contributed by atoms with Crippen LogP contribution >= 0.6 is 23.2 Å². The SMILES string of the molecule is CCC(C)(C)[C@]1(c2cccc(Cl)c2)CC(=O)CC[C@]12C(=O)Nc1cc(Cl)ccc12. The standard InChI is InChI=1S/C24H25Cl2NO2/c1-4-22(2,3)24(15-6-5-7-16(25)12-15)14-18(28)10-11-23(24)19-9-8-17(26)13-20(19)27-21(23)29/h5-9,12-13H,4,10-11,14H2,1-3H3,(H,27,29)/t23-,24+/m0/s1. The van der Waals surface area contributed by atoms with Crippen molar-refractivity contribution in [2.75, 3.05) is 5.32 Å². The molecule has 152 valence electrons. The molecule has 29 heavy (non-hydrogen) atoms. The summed E-state index contributed by atoms with van der Waals surface area (Å²) in [4.78, 5) is 26.7. The van der Waals surface area contributed by atoms with Gasteiger partial charge in [-0.1, -0.05) is 68.6 Å². The average Bonchev–Trinajstić information content (AvgIpc) is 2.95. The summed E-state index contributed by atoms with van der Waals surface area (Å²) < 4.78 is 0. The van der Waals surface area contributed by atoms with Gasteiger partial charge >= 0.3 is 0 Å². The number of carbonyl (C=O) groups excluding carboxylic acids is 2. The number of rotatable bonds is 3. The molecular formula is C24H25Cl2NO2. The molecule has 0 saturated heterocycles. The minimum Gasteiger partial charge on any atom is -0.325 e. The molecule has 3 nitrogen and oxygen atoms in total. The van der Waals surface area contributed by atoms with Crippen LogP contribution in [0.25, 0.3) is 0 Å². The van der Waals surface area contributed by atoms with Gasteiger partial charge in [0, 0.05) is 34.0 Å². The van der Waals surface area contributed by atoms with E-state index in [2.05, 4.69) is 26.1 Å². The van der Waals surface area contributed by atoms with E-state index in [1.807, 2.05) is 42.5 Å². The van der Waals surface area contributed by atoms with Gasteiger partial charge in [0.1, 0.15) is 5.78 Å². The molecule has 2 aromatic carbocycles. The third kappa shape index (κ3) is 2.70. The van der Waals surface area contributed by atoms with Gasteiger partial charge in [0.05, 0.1) is 5.41 Å². The number of carbonyl (C=O) groups is 2. The first-order valence-electron chi connectivity index (χ1n) is 10.1. The molecule has 5 heteroatoms. The average molecular weight is 430 g/mol. The fourth-order valence-corrected chi connectivity index (χ4v) is 6.06. The molecule has 1 spiro atoms. The van der Waals surface area contributed by atoms with Gasteiger partial charge in [0.2, 0.25) is 5.91 Å². The van der Waals surface area contributed by atoms with E-state index in [0.717, 1.165) is 23.2 Å². The Kier molecular flexibility index (Phi) is 4.83. The van der Waals surface area contributed by atoms with Gasteiger partial charge < -0.3 is 5.32 Å². The van der Waals surface area contributed by atoms with Gasteiger partial charge in [-0.05, 0) is 47.2 Å². The molecule has 1 fully saturated rings. The summed E-state index contributed by atoms with van der Waals surface area (Å²) in [6.45, 7) is 6.44. The van der Waals surface area contributed by atoms with Crippen LogP contribution in [0.5, 0.6) is 0 Å². The lowest BCUT2D eigenvalue weighted by molar-refractivity contribution is -0.136. The highest BCUT2D eigenvalue weighted by Gasteiger charge is 2.68. The molecule has 1 aliphatic carbocycles. The molecule has 1 saturated carbocycles. The van der Waals surface area contributed by atoms with E-state index in [0.29, 0.717) is 29.3 Å². The molecule has 0 aromatic heterocycles. The second-order valence-corrected chi connectivity index (χ2v) is 9.79. The number of hydrogen-bond acceptors (Lipinski definition) is 2. The van der Waals surface area contributed by atoms with E-state index >= 15 is 0 Å². The molecule has 1 aliphatic heterocycles. The Labute approximate surface area is 181 Å². The summed E-state index contributed by atoms with van der Waals surface area (Å²) in [6, 6.07) is 13.3. The molecular weight excluding hydrogens is 405 g/mol. The Hall–Kier alpha value is -1.84. The first kappa shape index (κ1) is 20.4. The highest BCUT2D eigenvalue weighted by atomic mass is 35.5. The van der Waals surface area contributed by atoms with Gasteiger partial charge in [-0.15, -0.1) is 0 Å². The van der Waals surface area contributed by atoms with E-state index in [1.54, 1.807) is 0 Å². The zero-order chi connectivity index (χ0) is 21.0. The number of amides is 1. The number of anilines is 1. The van der Waals surface area contributed by atoms with Crippen molar-refractivity contribution in [2.24, 2.45) is 5.41 Å². The predicted molar refractivity (Wildman–Crippen MR) is 118 cm³/mol. The molecule has 0 bridgehead atoms. The lowest BCUT2D eigenvalue weighted by atomic mass is 9.42. The number of hydrogen-bond donors (Lipinski definition) is 1. The van der Waals surface area contributed by atoms with Crippen molar-refractivity contribution < 1.29 is 9.59 Å². The molecule has 2 atom stereocenters. The van der Waals surface area contributed by atoms with Crippen LogP contribution < -0.4 is 5.32 Å². The molecule has 1 heterocycles. The third-order valence-electron chi connectivity index (χ3n) is 7.40. The number of halogens is 2. The van der Waals surface area contributed by atoms with Crippen LogP contribution in [0.2, 0.25) is 10.0 Å². The Morgan fingerprint density at radius 1 is 1.07 bits per heavy atom. The second-order valence-electron chi connectivity index (χ2n) is 8.92. The molecule has 2 aromatic rings. The third-order valence-corrected chi connectivity index (χ3v) is 7.87. The molecule has 1 N–H and O–H groups in total. The molecule has 4 rings (SSSR count). The van der Waals surface area contributed by atoms with Crippen LogP contribution in [0.15, 0.2) is 42.5 Å². The molecule has 0 unspecified atom stereocenters. The summed E-state index contributed by atoms with van der Waals surface area (Å²) in [7, 11) is 0. The molecule has 2 aliphatic rings. The van der Waals surface area contributed by atoms with E-state index in [9.17, 15) is 9.59 Å². The maximum Gasteiger partial charge on any atom is 0.236 e. The smallest absolute Gasteiger partial charge is 0.236 e. The number of Topliss-reactive ketones (excluding diaryl/α,β-unsaturated/α-hetero) is 1. The quantitative estimate of drug-likeness (QED) is 0.620. The van der Waals surface area contributed by atoms with E-state index in [4.69, 9.17) is 23.2 Å². The normalized spacial score (nSPS) is 26.5. The van der Waals surface area contributed by atoms with E-state index in [-0.39, 0.29) is 17.1 Å². The summed E-state index contributed by atoms with van der Waals surface area (Å²) in [5.41, 5.74) is 0.703. The van der Waals surface area contributed by atoms with Gasteiger partial charge in [0.15, 0.2) is 0 Å². The number of nitrogens with one attached hydrogen (secondary N) is 1. The molecule has 1 amide bonds. The van der Waals surface area contributed by atoms with Crippen LogP contribution in [0.4, 0.5) is 5.69 Å². The van der Waals surface area contributed by atoms with Gasteiger partial charge in [-0.3, -0.25) is 9.59 Å². The van der Waals surface area contributed by atoms with E-state index in [1.165, 1.54) is 0 Å². The van der Waals surface area contributed by atoms with Crippen molar-refractivity contribution in [3.63, 3.8) is 0 Å². The van der Waals surface area contributed by atoms with E-state index < -0.39 is 10.8 Å². The number of fused-ring (bicyclic) bond motifs is 2. The zero-order valence-electron chi connectivity index (χ0n) is 16.9. The summed E-state index contributed by atoms with van der Waals surface area (Å²) >= 11 is 12.6. The minimum atomic E-state index is -0.856. The predicted octanol–water partition coefficient (Wildman–Crippen LogP) is 6.31.